The largest absolute Gasteiger partial charge is 0.461 e. The number of benzene rings is 1. The van der Waals surface area contributed by atoms with Gasteiger partial charge < -0.3 is 20.1 Å². The Balaban J connectivity index is 1.55. The van der Waals surface area contributed by atoms with Crippen LogP contribution >= 0.6 is 0 Å². The normalized spacial score (nSPS) is 10.3. The number of esters is 2. The summed E-state index contributed by atoms with van der Waals surface area (Å²) in [4.78, 5) is 50.5. The van der Waals surface area contributed by atoms with Gasteiger partial charge in [-0.15, -0.1) is 0 Å². The first-order valence-corrected chi connectivity index (χ1v) is 9.09. The number of pyridine rings is 1. The molecule has 0 radical (unpaired) electrons. The quantitative estimate of drug-likeness (QED) is 0.338. The molecule has 2 N–H and O–H groups in total. The van der Waals surface area contributed by atoms with Crippen molar-refractivity contribution in [3.8, 4) is 0 Å². The zero-order valence-electron chi connectivity index (χ0n) is 16.1. The molecule has 2 amide bonds. The van der Waals surface area contributed by atoms with Crippen molar-refractivity contribution in [2.75, 3.05) is 26.3 Å². The Hall–Kier alpha value is -4.01. The van der Waals surface area contributed by atoms with Gasteiger partial charge in [0, 0.05) is 30.1 Å². The summed E-state index contributed by atoms with van der Waals surface area (Å²) in [5, 5.41) is 5.17. The van der Waals surface area contributed by atoms with Crippen LogP contribution in [0.4, 0.5) is 0 Å². The molecular weight excluding hydrogens is 390 g/mol. The van der Waals surface area contributed by atoms with Crippen molar-refractivity contribution in [2.24, 2.45) is 0 Å². The standard InChI is InChI=1S/C21H21N3O6/c25-18(29-13-11-23-20(27)16-5-2-1-3-6-16)8-9-19(26)30-14-12-24-21(28)17-7-4-10-22-15-17/h1-10,15H,11-14H2,(H,23,27)(H,24,28)/b9-8+. The van der Waals surface area contributed by atoms with E-state index in [4.69, 9.17) is 9.47 Å². The number of rotatable bonds is 10. The van der Waals surface area contributed by atoms with Gasteiger partial charge in [0.1, 0.15) is 13.2 Å². The molecule has 0 atom stereocenters. The van der Waals surface area contributed by atoms with Crippen LogP contribution in [0.3, 0.4) is 0 Å². The summed E-state index contributed by atoms with van der Waals surface area (Å²) in [7, 11) is 0. The number of hydrogen-bond acceptors (Lipinski definition) is 7. The second kappa shape index (κ2) is 12.4. The van der Waals surface area contributed by atoms with Crippen LogP contribution in [-0.4, -0.2) is 55.0 Å². The van der Waals surface area contributed by atoms with E-state index in [1.165, 1.54) is 6.20 Å². The monoisotopic (exact) mass is 411 g/mol. The second-order valence-corrected chi connectivity index (χ2v) is 5.79. The van der Waals surface area contributed by atoms with E-state index in [-0.39, 0.29) is 38.1 Å². The first-order chi connectivity index (χ1) is 14.6. The molecule has 0 fully saturated rings. The van der Waals surface area contributed by atoms with Crippen molar-refractivity contribution in [1.82, 2.24) is 15.6 Å². The van der Waals surface area contributed by atoms with Crippen molar-refractivity contribution >= 4 is 23.8 Å². The van der Waals surface area contributed by atoms with Crippen LogP contribution in [0, 0.1) is 0 Å². The summed E-state index contributed by atoms with van der Waals surface area (Å²) < 4.78 is 9.74. The minimum Gasteiger partial charge on any atom is -0.461 e. The number of carbonyl (C=O) groups excluding carboxylic acids is 4. The molecule has 1 heterocycles. The average Bonchev–Trinajstić information content (AvgIpc) is 2.79. The maximum absolute atomic E-state index is 11.8. The number of aromatic nitrogens is 1. The number of nitrogens with one attached hydrogen (secondary N) is 2. The summed E-state index contributed by atoms with van der Waals surface area (Å²) in [6.07, 6.45) is 4.82. The highest BCUT2D eigenvalue weighted by Gasteiger charge is 2.06. The third kappa shape index (κ3) is 8.34. The van der Waals surface area contributed by atoms with Gasteiger partial charge in [0.05, 0.1) is 18.7 Å². The topological polar surface area (TPSA) is 124 Å². The lowest BCUT2D eigenvalue weighted by Gasteiger charge is -2.06. The lowest BCUT2D eigenvalue weighted by atomic mass is 10.2. The highest BCUT2D eigenvalue weighted by molar-refractivity contribution is 5.94. The van der Waals surface area contributed by atoms with Gasteiger partial charge in [0.25, 0.3) is 11.8 Å². The first kappa shape index (κ1) is 22.3. The molecule has 0 aliphatic rings. The molecule has 0 saturated heterocycles. The fourth-order valence-corrected chi connectivity index (χ4v) is 2.16. The highest BCUT2D eigenvalue weighted by atomic mass is 16.5. The molecule has 2 rings (SSSR count). The van der Waals surface area contributed by atoms with Gasteiger partial charge >= 0.3 is 11.9 Å². The van der Waals surface area contributed by atoms with E-state index < -0.39 is 11.9 Å². The lowest BCUT2D eigenvalue weighted by molar-refractivity contribution is -0.140. The van der Waals surface area contributed by atoms with E-state index in [2.05, 4.69) is 15.6 Å². The summed E-state index contributed by atoms with van der Waals surface area (Å²) in [6.45, 7) is 0.139. The van der Waals surface area contributed by atoms with E-state index >= 15 is 0 Å². The molecule has 0 bridgehead atoms. The van der Waals surface area contributed by atoms with Gasteiger partial charge in [-0.1, -0.05) is 18.2 Å². The Morgan fingerprint density at radius 3 is 1.83 bits per heavy atom. The average molecular weight is 411 g/mol. The molecule has 0 aliphatic heterocycles. The first-order valence-electron chi connectivity index (χ1n) is 9.09. The molecule has 0 saturated carbocycles. The van der Waals surface area contributed by atoms with Gasteiger partial charge in [-0.25, -0.2) is 9.59 Å². The molecule has 0 aliphatic carbocycles. The molecule has 0 unspecified atom stereocenters. The number of amides is 2. The van der Waals surface area contributed by atoms with Crippen LogP contribution in [-0.2, 0) is 19.1 Å². The van der Waals surface area contributed by atoms with Gasteiger partial charge in [0.15, 0.2) is 0 Å². The predicted octanol–water partition coefficient (Wildman–Crippen LogP) is 0.884. The zero-order chi connectivity index (χ0) is 21.6. The van der Waals surface area contributed by atoms with E-state index in [9.17, 15) is 19.2 Å². The van der Waals surface area contributed by atoms with Crippen LogP contribution in [0.25, 0.3) is 0 Å². The summed E-state index contributed by atoms with van der Waals surface area (Å²) >= 11 is 0. The molecule has 0 spiro atoms. The smallest absolute Gasteiger partial charge is 0.331 e. The minimum atomic E-state index is -0.750. The highest BCUT2D eigenvalue weighted by Crippen LogP contribution is 1.97. The van der Waals surface area contributed by atoms with Crippen molar-refractivity contribution in [2.45, 2.75) is 0 Å². The number of nitrogens with zero attached hydrogens (tertiary/aromatic N) is 1. The Morgan fingerprint density at radius 2 is 1.30 bits per heavy atom. The van der Waals surface area contributed by atoms with Crippen LogP contribution in [0.5, 0.6) is 0 Å². The van der Waals surface area contributed by atoms with Crippen LogP contribution in [0.2, 0.25) is 0 Å². The van der Waals surface area contributed by atoms with Gasteiger partial charge in [-0.3, -0.25) is 14.6 Å². The lowest BCUT2D eigenvalue weighted by Crippen LogP contribution is -2.28. The molecule has 1 aromatic carbocycles. The maximum atomic E-state index is 11.8. The van der Waals surface area contributed by atoms with E-state index in [0.29, 0.717) is 11.1 Å². The number of ether oxygens (including phenoxy) is 2. The molecule has 9 nitrogen and oxygen atoms in total. The van der Waals surface area contributed by atoms with E-state index in [1.54, 1.807) is 48.7 Å². The third-order valence-corrected chi connectivity index (χ3v) is 3.58. The van der Waals surface area contributed by atoms with Crippen LogP contribution in [0.1, 0.15) is 20.7 Å². The fraction of sp³-hybridized carbons (Fsp3) is 0.190. The third-order valence-electron chi connectivity index (χ3n) is 3.58. The van der Waals surface area contributed by atoms with Gasteiger partial charge in [-0.05, 0) is 24.3 Å². The summed E-state index contributed by atoms with van der Waals surface area (Å²) in [6, 6.07) is 11.9. The summed E-state index contributed by atoms with van der Waals surface area (Å²) in [5.74, 6) is -2.11. The fourth-order valence-electron chi connectivity index (χ4n) is 2.16. The number of hydrogen-bond donors (Lipinski definition) is 2. The Kier molecular flexibility index (Phi) is 9.25. The Morgan fingerprint density at radius 1 is 0.767 bits per heavy atom. The molecule has 9 heteroatoms. The maximum Gasteiger partial charge on any atom is 0.331 e. The zero-order valence-corrected chi connectivity index (χ0v) is 16.1. The summed E-state index contributed by atoms with van der Waals surface area (Å²) in [5.41, 5.74) is 0.898. The number of carbonyl (C=O) groups is 4. The molecule has 30 heavy (non-hydrogen) atoms. The Labute approximate surface area is 173 Å². The minimum absolute atomic E-state index is 0.0445. The van der Waals surface area contributed by atoms with Gasteiger partial charge in [0.2, 0.25) is 0 Å². The molecule has 2 aromatic rings. The van der Waals surface area contributed by atoms with Crippen molar-refractivity contribution in [1.29, 1.82) is 0 Å². The van der Waals surface area contributed by atoms with Crippen molar-refractivity contribution < 1.29 is 28.7 Å². The van der Waals surface area contributed by atoms with Gasteiger partial charge in [-0.2, -0.15) is 0 Å². The van der Waals surface area contributed by atoms with Crippen LogP contribution < -0.4 is 10.6 Å². The Bertz CT molecular complexity index is 811. The van der Waals surface area contributed by atoms with E-state index in [0.717, 1.165) is 12.2 Å². The molecule has 1 aromatic heterocycles. The van der Waals surface area contributed by atoms with Crippen LogP contribution in [0.15, 0.2) is 67.0 Å². The predicted molar refractivity (Wildman–Crippen MR) is 106 cm³/mol. The molecule has 156 valence electrons. The second-order valence-electron chi connectivity index (χ2n) is 5.79. The van der Waals surface area contributed by atoms with Crippen molar-refractivity contribution in [3.63, 3.8) is 0 Å². The SMILES string of the molecule is O=C(/C=C/C(=O)OCCNC(=O)c1cccnc1)OCCNC(=O)c1ccccc1. The van der Waals surface area contributed by atoms with E-state index in [1.807, 2.05) is 0 Å². The molecular formula is C21H21N3O6. The van der Waals surface area contributed by atoms with Crippen molar-refractivity contribution in [3.05, 3.63) is 78.1 Å².